The molecule has 154 valence electrons. The molecule has 29 heavy (non-hydrogen) atoms. The lowest BCUT2D eigenvalue weighted by molar-refractivity contribution is -0.122. The lowest BCUT2D eigenvalue weighted by Gasteiger charge is -2.36. The smallest absolute Gasteiger partial charge is 0.221 e. The summed E-state index contributed by atoms with van der Waals surface area (Å²) in [5, 5.41) is 2.99. The molecule has 0 spiro atoms. The van der Waals surface area contributed by atoms with E-state index in [9.17, 15) is 4.79 Å². The first-order valence-electron chi connectivity index (χ1n) is 10.8. The Morgan fingerprint density at radius 3 is 2.52 bits per heavy atom. The third kappa shape index (κ3) is 4.86. The van der Waals surface area contributed by atoms with E-state index in [1.54, 1.807) is 0 Å². The molecule has 2 heterocycles. The van der Waals surface area contributed by atoms with Crippen LogP contribution in [0.3, 0.4) is 0 Å². The van der Waals surface area contributed by atoms with Crippen LogP contribution in [-0.4, -0.2) is 42.5 Å². The van der Waals surface area contributed by atoms with Crippen molar-refractivity contribution in [2.24, 2.45) is 5.92 Å². The quantitative estimate of drug-likeness (QED) is 0.707. The van der Waals surface area contributed by atoms with Crippen molar-refractivity contribution < 1.29 is 4.79 Å². The third-order valence-electron chi connectivity index (χ3n) is 6.08. The van der Waals surface area contributed by atoms with Crippen molar-refractivity contribution in [3.8, 4) is 11.1 Å². The van der Waals surface area contributed by atoms with E-state index < -0.39 is 0 Å². The van der Waals surface area contributed by atoms with Crippen molar-refractivity contribution in [1.82, 2.24) is 21.1 Å². The number of hydrogen-bond acceptors (Lipinski definition) is 4. The second kappa shape index (κ2) is 9.08. The average molecular weight is 393 g/mol. The van der Waals surface area contributed by atoms with Crippen LogP contribution >= 0.6 is 0 Å². The zero-order valence-electron chi connectivity index (χ0n) is 17.4. The molecular weight excluding hydrogens is 360 g/mol. The molecule has 2 aliphatic heterocycles. The molecule has 3 atom stereocenters. The summed E-state index contributed by atoms with van der Waals surface area (Å²) in [6, 6.07) is 20.4. The van der Waals surface area contributed by atoms with Crippen LogP contribution in [0, 0.1) is 5.92 Å². The number of benzene rings is 2. The minimum absolute atomic E-state index is 0.151. The van der Waals surface area contributed by atoms with Crippen LogP contribution in [0.2, 0.25) is 0 Å². The number of carbonyl (C=O) groups excluding carboxylic acids is 1. The van der Waals surface area contributed by atoms with Crippen molar-refractivity contribution in [1.29, 1.82) is 0 Å². The van der Waals surface area contributed by atoms with Gasteiger partial charge in [0.25, 0.3) is 0 Å². The topological polar surface area (TPSA) is 56.4 Å². The van der Waals surface area contributed by atoms with Crippen LogP contribution in [0.1, 0.15) is 38.3 Å². The van der Waals surface area contributed by atoms with Gasteiger partial charge in [-0.05, 0) is 43.5 Å². The number of amides is 1. The van der Waals surface area contributed by atoms with E-state index in [-0.39, 0.29) is 11.9 Å². The molecule has 3 N–H and O–H groups in total. The number of nitrogens with zero attached hydrogens (tertiary/aromatic N) is 1. The van der Waals surface area contributed by atoms with Gasteiger partial charge in [-0.3, -0.25) is 10.2 Å². The summed E-state index contributed by atoms with van der Waals surface area (Å²) >= 11 is 0. The largest absolute Gasteiger partial charge is 0.354 e. The lowest BCUT2D eigenvalue weighted by atomic mass is 9.84. The zero-order chi connectivity index (χ0) is 20.2. The Bertz CT molecular complexity index is 805. The molecule has 0 radical (unpaired) electrons. The molecule has 0 saturated carbocycles. The van der Waals surface area contributed by atoms with Crippen LogP contribution in [0.4, 0.5) is 0 Å². The fourth-order valence-electron chi connectivity index (χ4n) is 4.57. The molecule has 2 aromatic carbocycles. The van der Waals surface area contributed by atoms with Crippen LogP contribution in [0.15, 0.2) is 54.6 Å². The van der Waals surface area contributed by atoms with Gasteiger partial charge in [0, 0.05) is 37.5 Å². The highest BCUT2D eigenvalue weighted by Crippen LogP contribution is 2.34. The van der Waals surface area contributed by atoms with Gasteiger partial charge in [0.15, 0.2) is 0 Å². The standard InChI is InChI=1S/C24H32N4O/c1-17(2)25-23(29)13-15-28-14-12-22-21(16-28)24(27-26-22)20-10-8-19(9-11-20)18-6-4-3-5-7-18/h3-11,17,21-22,24,26-27H,12-16H2,1-2H3,(H,25,29). The molecule has 5 heteroatoms. The Morgan fingerprint density at radius 2 is 1.79 bits per heavy atom. The second-order valence-electron chi connectivity index (χ2n) is 8.59. The summed E-state index contributed by atoms with van der Waals surface area (Å²) in [7, 11) is 0. The molecule has 1 amide bonds. The van der Waals surface area contributed by atoms with Gasteiger partial charge in [-0.2, -0.15) is 0 Å². The fraction of sp³-hybridized carbons (Fsp3) is 0.458. The van der Waals surface area contributed by atoms with Crippen LogP contribution in [-0.2, 0) is 4.79 Å². The lowest BCUT2D eigenvalue weighted by Crippen LogP contribution is -2.46. The first-order chi connectivity index (χ1) is 14.1. The maximum absolute atomic E-state index is 12.0. The highest BCUT2D eigenvalue weighted by molar-refractivity contribution is 5.76. The Labute approximate surface area is 173 Å². The van der Waals surface area contributed by atoms with E-state index in [1.807, 2.05) is 19.9 Å². The first-order valence-corrected chi connectivity index (χ1v) is 10.8. The summed E-state index contributed by atoms with van der Waals surface area (Å²) in [6.07, 6.45) is 1.69. The van der Waals surface area contributed by atoms with E-state index in [2.05, 4.69) is 69.6 Å². The van der Waals surface area contributed by atoms with E-state index in [1.165, 1.54) is 16.7 Å². The molecule has 2 saturated heterocycles. The van der Waals surface area contributed by atoms with Gasteiger partial charge in [0.2, 0.25) is 5.91 Å². The molecule has 5 nitrogen and oxygen atoms in total. The number of likely N-dealkylation sites (tertiary alicyclic amines) is 1. The molecule has 2 fully saturated rings. The van der Waals surface area contributed by atoms with Gasteiger partial charge in [-0.1, -0.05) is 54.6 Å². The van der Waals surface area contributed by atoms with Gasteiger partial charge in [-0.15, -0.1) is 0 Å². The molecule has 3 unspecified atom stereocenters. The summed E-state index contributed by atoms with van der Waals surface area (Å²) in [4.78, 5) is 14.4. The fourth-order valence-corrected chi connectivity index (χ4v) is 4.57. The molecule has 2 aliphatic rings. The monoisotopic (exact) mass is 392 g/mol. The van der Waals surface area contributed by atoms with Crippen molar-refractivity contribution >= 4 is 5.91 Å². The molecule has 0 aromatic heterocycles. The Balaban J connectivity index is 1.38. The Morgan fingerprint density at radius 1 is 1.07 bits per heavy atom. The minimum Gasteiger partial charge on any atom is -0.354 e. The number of hydrazine groups is 1. The van der Waals surface area contributed by atoms with E-state index in [4.69, 9.17) is 0 Å². The van der Waals surface area contributed by atoms with Crippen molar-refractivity contribution in [2.45, 2.75) is 44.8 Å². The third-order valence-corrected chi connectivity index (χ3v) is 6.08. The summed E-state index contributed by atoms with van der Waals surface area (Å²) in [5.74, 6) is 0.664. The Kier molecular flexibility index (Phi) is 6.28. The summed E-state index contributed by atoms with van der Waals surface area (Å²) in [5.41, 5.74) is 10.9. The van der Waals surface area contributed by atoms with Crippen LogP contribution in [0.5, 0.6) is 0 Å². The van der Waals surface area contributed by atoms with E-state index in [0.29, 0.717) is 24.4 Å². The normalized spacial score (nSPS) is 24.4. The van der Waals surface area contributed by atoms with Gasteiger partial charge >= 0.3 is 0 Å². The predicted molar refractivity (Wildman–Crippen MR) is 117 cm³/mol. The predicted octanol–water partition coefficient (Wildman–Crippen LogP) is 3.11. The van der Waals surface area contributed by atoms with E-state index >= 15 is 0 Å². The van der Waals surface area contributed by atoms with E-state index in [0.717, 1.165) is 26.1 Å². The van der Waals surface area contributed by atoms with Crippen molar-refractivity contribution in [3.63, 3.8) is 0 Å². The van der Waals surface area contributed by atoms with Crippen molar-refractivity contribution in [3.05, 3.63) is 60.2 Å². The average Bonchev–Trinajstić information content (AvgIpc) is 3.16. The van der Waals surface area contributed by atoms with Gasteiger partial charge in [0.05, 0.1) is 6.04 Å². The highest BCUT2D eigenvalue weighted by Gasteiger charge is 2.40. The maximum atomic E-state index is 12.0. The van der Waals surface area contributed by atoms with Crippen LogP contribution in [0.25, 0.3) is 11.1 Å². The molecule has 4 rings (SSSR count). The zero-order valence-corrected chi connectivity index (χ0v) is 17.4. The van der Waals surface area contributed by atoms with Crippen LogP contribution < -0.4 is 16.2 Å². The van der Waals surface area contributed by atoms with Gasteiger partial charge in [0.1, 0.15) is 0 Å². The molecule has 2 aromatic rings. The number of piperidine rings is 1. The van der Waals surface area contributed by atoms with Gasteiger partial charge < -0.3 is 10.2 Å². The number of hydrogen-bond donors (Lipinski definition) is 3. The highest BCUT2D eigenvalue weighted by atomic mass is 16.1. The van der Waals surface area contributed by atoms with Gasteiger partial charge in [-0.25, -0.2) is 5.43 Å². The van der Waals surface area contributed by atoms with Crippen molar-refractivity contribution in [2.75, 3.05) is 19.6 Å². The SMILES string of the molecule is CC(C)NC(=O)CCN1CCC2NNC(c3ccc(-c4ccccc4)cc3)C2C1. The number of nitrogens with one attached hydrogen (secondary N) is 3. The maximum Gasteiger partial charge on any atom is 0.221 e. The molecule has 0 bridgehead atoms. The molecule has 0 aliphatic carbocycles. The summed E-state index contributed by atoms with van der Waals surface area (Å²) in [6.45, 7) is 6.91. The molecular formula is C24H32N4O. The number of carbonyl (C=O) groups is 1. The second-order valence-corrected chi connectivity index (χ2v) is 8.59. The number of rotatable bonds is 6. The first kappa shape index (κ1) is 20.1. The summed E-state index contributed by atoms with van der Waals surface area (Å²) < 4.78 is 0. The number of fused-ring (bicyclic) bond motifs is 1. The Hall–Kier alpha value is -2.21. The minimum atomic E-state index is 0.151.